The average molecular weight is 535 g/mol. The van der Waals surface area contributed by atoms with Gasteiger partial charge in [-0.05, 0) is 80.3 Å². The zero-order chi connectivity index (χ0) is 28.5. The first kappa shape index (κ1) is 29.6. The van der Waals surface area contributed by atoms with Crippen molar-refractivity contribution in [1.82, 2.24) is 10.3 Å². The van der Waals surface area contributed by atoms with E-state index in [1.54, 1.807) is 32.0 Å². The Kier molecular flexibility index (Phi) is 10.4. The molecular formula is C30H35FN4O4. The quantitative estimate of drug-likeness (QED) is 0.219. The van der Waals surface area contributed by atoms with E-state index >= 15 is 0 Å². The number of hydrogen-bond donors (Lipinski definition) is 4. The molecule has 0 bridgehead atoms. The van der Waals surface area contributed by atoms with Crippen LogP contribution in [0.15, 0.2) is 65.8 Å². The minimum absolute atomic E-state index is 0.0724. The lowest BCUT2D eigenvalue weighted by Crippen LogP contribution is -2.35. The van der Waals surface area contributed by atoms with Crippen LogP contribution in [0.25, 0.3) is 0 Å². The number of aryl methyl sites for hydroxylation is 2. The first-order valence-electron chi connectivity index (χ1n) is 12.7. The van der Waals surface area contributed by atoms with Crippen LogP contribution in [-0.2, 0) is 6.54 Å². The predicted octanol–water partition coefficient (Wildman–Crippen LogP) is 4.02. The number of carbonyl (C=O) groups is 2. The smallest absolute Gasteiger partial charge is 0.273 e. The highest BCUT2D eigenvalue weighted by Crippen LogP contribution is 2.19. The van der Waals surface area contributed by atoms with Gasteiger partial charge in [0.15, 0.2) is 0 Å². The van der Waals surface area contributed by atoms with E-state index in [1.165, 1.54) is 12.3 Å². The van der Waals surface area contributed by atoms with Crippen LogP contribution in [-0.4, -0.2) is 58.4 Å². The predicted molar refractivity (Wildman–Crippen MR) is 150 cm³/mol. The molecule has 0 radical (unpaired) electrons. The molecule has 0 aliphatic carbocycles. The Balaban J connectivity index is 1.73. The number of nitrogens with zero attached hydrogens (tertiary/aromatic N) is 2. The molecule has 0 heterocycles. The molecule has 206 valence electrons. The second-order valence-electron chi connectivity index (χ2n) is 9.78. The lowest BCUT2D eigenvalue weighted by Gasteiger charge is -2.25. The van der Waals surface area contributed by atoms with E-state index in [9.17, 15) is 24.2 Å². The van der Waals surface area contributed by atoms with Gasteiger partial charge in [0.25, 0.3) is 11.8 Å². The van der Waals surface area contributed by atoms with Crippen molar-refractivity contribution < 1.29 is 24.2 Å². The van der Waals surface area contributed by atoms with Crippen molar-refractivity contribution in [3.05, 3.63) is 99.9 Å². The number of amides is 2. The van der Waals surface area contributed by atoms with Crippen LogP contribution in [0.5, 0.6) is 0 Å². The second kappa shape index (κ2) is 13.7. The molecule has 39 heavy (non-hydrogen) atoms. The van der Waals surface area contributed by atoms with Crippen molar-refractivity contribution in [2.75, 3.05) is 18.4 Å². The molecule has 0 saturated heterocycles. The van der Waals surface area contributed by atoms with Gasteiger partial charge in [0.05, 0.1) is 29.7 Å². The van der Waals surface area contributed by atoms with Gasteiger partial charge >= 0.3 is 0 Å². The summed E-state index contributed by atoms with van der Waals surface area (Å²) in [5.74, 6) is -1.78. The zero-order valence-corrected chi connectivity index (χ0v) is 22.6. The summed E-state index contributed by atoms with van der Waals surface area (Å²) in [5, 5.41) is 26.2. The number of hydrogen-bond acceptors (Lipinski definition) is 6. The van der Waals surface area contributed by atoms with E-state index in [0.29, 0.717) is 25.2 Å². The number of aliphatic hydroxyl groups excluding tert-OH is 2. The van der Waals surface area contributed by atoms with Gasteiger partial charge in [-0.1, -0.05) is 30.3 Å². The Bertz CT molecular complexity index is 1330. The molecule has 0 aliphatic heterocycles. The van der Waals surface area contributed by atoms with Crippen molar-refractivity contribution >= 4 is 23.7 Å². The number of anilines is 1. The van der Waals surface area contributed by atoms with Crippen LogP contribution >= 0.6 is 0 Å². The van der Waals surface area contributed by atoms with E-state index in [1.807, 2.05) is 43.0 Å². The van der Waals surface area contributed by atoms with Crippen LogP contribution < -0.4 is 10.7 Å². The van der Waals surface area contributed by atoms with Gasteiger partial charge < -0.3 is 15.5 Å². The minimum atomic E-state index is -0.675. The summed E-state index contributed by atoms with van der Waals surface area (Å²) in [6, 6.07) is 16.2. The Morgan fingerprint density at radius 2 is 1.67 bits per heavy atom. The summed E-state index contributed by atoms with van der Waals surface area (Å²) >= 11 is 0. The molecule has 0 spiro atoms. The fraction of sp³-hybridized carbons (Fsp3) is 0.300. The highest BCUT2D eigenvalue weighted by molar-refractivity contribution is 6.09. The Morgan fingerprint density at radius 3 is 2.33 bits per heavy atom. The van der Waals surface area contributed by atoms with Crippen molar-refractivity contribution in [2.24, 2.45) is 5.10 Å². The van der Waals surface area contributed by atoms with E-state index in [-0.39, 0.29) is 11.3 Å². The Labute approximate surface area is 228 Å². The highest BCUT2D eigenvalue weighted by Gasteiger charge is 2.17. The summed E-state index contributed by atoms with van der Waals surface area (Å²) < 4.78 is 14.0. The van der Waals surface area contributed by atoms with E-state index < -0.39 is 29.8 Å². The van der Waals surface area contributed by atoms with Crippen LogP contribution in [0.1, 0.15) is 56.8 Å². The normalized spacial score (nSPS) is 12.9. The van der Waals surface area contributed by atoms with Gasteiger partial charge in [-0.15, -0.1) is 0 Å². The van der Waals surface area contributed by atoms with E-state index in [2.05, 4.69) is 15.8 Å². The molecule has 3 rings (SSSR count). The van der Waals surface area contributed by atoms with Crippen molar-refractivity contribution in [1.29, 1.82) is 0 Å². The van der Waals surface area contributed by atoms with Crippen molar-refractivity contribution in [3.63, 3.8) is 0 Å². The maximum Gasteiger partial charge on any atom is 0.273 e. The fourth-order valence-corrected chi connectivity index (χ4v) is 4.10. The first-order chi connectivity index (χ1) is 18.5. The van der Waals surface area contributed by atoms with Gasteiger partial charge in [0.2, 0.25) is 0 Å². The summed E-state index contributed by atoms with van der Waals surface area (Å²) in [6.07, 6.45) is 0.332. The Hall–Kier alpha value is -3.92. The number of carbonyl (C=O) groups excluding carboxylic acids is 2. The maximum atomic E-state index is 14.0. The molecule has 0 fully saturated rings. The lowest BCUT2D eigenvalue weighted by molar-refractivity contribution is 0.0793. The second-order valence-corrected chi connectivity index (χ2v) is 9.78. The number of nitrogens with one attached hydrogen (secondary N) is 2. The third kappa shape index (κ3) is 9.10. The van der Waals surface area contributed by atoms with E-state index in [0.717, 1.165) is 34.4 Å². The fourth-order valence-electron chi connectivity index (χ4n) is 4.10. The molecular weight excluding hydrogens is 499 g/mol. The standard InChI is InChI=1S/C30H35FN4O4/c1-19-8-9-23(12-20(19)2)15-32-34-30(39)27-14-26(31)10-11-28(27)33-29(38)25-7-5-6-24(13-25)18-35(16-21(3)36)17-22(4)37/h5-15,21-22,36-37H,16-18H2,1-4H3,(H,33,38)(H,34,39)/b32-15+. The van der Waals surface area contributed by atoms with Gasteiger partial charge in [0, 0.05) is 25.2 Å². The molecule has 4 N–H and O–H groups in total. The molecule has 0 aromatic heterocycles. The molecule has 3 aromatic rings. The summed E-state index contributed by atoms with van der Waals surface area (Å²) in [5.41, 5.74) is 6.62. The molecule has 8 nitrogen and oxygen atoms in total. The molecule has 0 saturated carbocycles. The molecule has 0 aliphatic rings. The monoisotopic (exact) mass is 534 g/mol. The van der Waals surface area contributed by atoms with Gasteiger partial charge in [0.1, 0.15) is 5.82 Å². The van der Waals surface area contributed by atoms with Crippen LogP contribution in [0.3, 0.4) is 0 Å². The average Bonchev–Trinajstić information content (AvgIpc) is 2.86. The molecule has 2 atom stereocenters. The van der Waals surface area contributed by atoms with Gasteiger partial charge in [-0.25, -0.2) is 9.82 Å². The largest absolute Gasteiger partial charge is 0.392 e. The van der Waals surface area contributed by atoms with E-state index in [4.69, 9.17) is 0 Å². The van der Waals surface area contributed by atoms with Gasteiger partial charge in [-0.2, -0.15) is 5.10 Å². The summed E-state index contributed by atoms with van der Waals surface area (Å²) in [6.45, 7) is 8.46. The maximum absolute atomic E-state index is 14.0. The van der Waals surface area contributed by atoms with Crippen LogP contribution in [0.4, 0.5) is 10.1 Å². The minimum Gasteiger partial charge on any atom is -0.392 e. The molecule has 3 aromatic carbocycles. The lowest BCUT2D eigenvalue weighted by atomic mass is 10.1. The summed E-state index contributed by atoms with van der Waals surface area (Å²) in [4.78, 5) is 27.8. The van der Waals surface area contributed by atoms with Crippen molar-refractivity contribution in [2.45, 2.75) is 46.4 Å². The van der Waals surface area contributed by atoms with Crippen LogP contribution in [0, 0.1) is 19.7 Å². The molecule has 9 heteroatoms. The third-order valence-electron chi connectivity index (χ3n) is 6.03. The number of rotatable bonds is 11. The number of benzene rings is 3. The van der Waals surface area contributed by atoms with Gasteiger partial charge in [-0.3, -0.25) is 14.5 Å². The number of halogens is 1. The first-order valence-corrected chi connectivity index (χ1v) is 12.7. The Morgan fingerprint density at radius 1 is 0.949 bits per heavy atom. The highest BCUT2D eigenvalue weighted by atomic mass is 19.1. The molecule has 2 unspecified atom stereocenters. The topological polar surface area (TPSA) is 114 Å². The molecule has 2 amide bonds. The summed E-state index contributed by atoms with van der Waals surface area (Å²) in [7, 11) is 0. The third-order valence-corrected chi connectivity index (χ3v) is 6.03. The number of hydrazone groups is 1. The van der Waals surface area contributed by atoms with Crippen molar-refractivity contribution in [3.8, 4) is 0 Å². The zero-order valence-electron chi connectivity index (χ0n) is 22.6. The van der Waals surface area contributed by atoms with Crippen LogP contribution in [0.2, 0.25) is 0 Å². The SMILES string of the molecule is Cc1ccc(/C=N/NC(=O)c2cc(F)ccc2NC(=O)c2cccc(CN(CC(C)O)CC(C)O)c2)cc1C. The number of aliphatic hydroxyl groups is 2.